The molecule has 0 saturated carbocycles. The van der Waals surface area contributed by atoms with Gasteiger partial charge in [0, 0.05) is 23.2 Å². The quantitative estimate of drug-likeness (QED) is 0.864. The molecule has 0 saturated heterocycles. The lowest BCUT2D eigenvalue weighted by atomic mass is 10.1. The monoisotopic (exact) mass is 259 g/mol. The third-order valence-electron chi connectivity index (χ3n) is 2.76. The Balaban J connectivity index is 2.39. The van der Waals surface area contributed by atoms with Crippen LogP contribution in [-0.4, -0.2) is 23.9 Å². The van der Waals surface area contributed by atoms with Crippen LogP contribution in [0.3, 0.4) is 0 Å². The van der Waals surface area contributed by atoms with Gasteiger partial charge in [-0.25, -0.2) is 0 Å². The van der Waals surface area contributed by atoms with E-state index >= 15 is 0 Å². The molecule has 0 amide bonds. The van der Waals surface area contributed by atoms with Gasteiger partial charge < -0.3 is 15.2 Å². The molecule has 0 bridgehead atoms. The summed E-state index contributed by atoms with van der Waals surface area (Å²) in [5, 5.41) is 14.9. The van der Waals surface area contributed by atoms with Gasteiger partial charge in [0.25, 0.3) is 0 Å². The lowest BCUT2D eigenvalue weighted by molar-refractivity contribution is 0.123. The van der Waals surface area contributed by atoms with Crippen molar-refractivity contribution in [3.8, 4) is 5.75 Å². The van der Waals surface area contributed by atoms with Crippen LogP contribution >= 0.6 is 0 Å². The number of aliphatic hydroxyl groups is 1. The molecule has 0 spiro atoms. The number of nitrogens with one attached hydrogen (secondary N) is 1. The molecule has 0 aliphatic carbocycles. The second-order valence-corrected chi connectivity index (χ2v) is 5.15. The first-order valence-corrected chi connectivity index (χ1v) is 6.66. The Morgan fingerprint density at radius 2 is 1.89 bits per heavy atom. The Hall–Kier alpha value is -1.74. The van der Waals surface area contributed by atoms with Crippen LogP contribution in [0.15, 0.2) is 36.4 Å². The molecule has 0 heterocycles. The van der Waals surface area contributed by atoms with Crippen molar-refractivity contribution in [2.75, 3.05) is 11.9 Å². The first-order chi connectivity index (χ1) is 9.06. The highest BCUT2D eigenvalue weighted by Crippen LogP contribution is 2.30. The van der Waals surface area contributed by atoms with Crippen LogP contribution < -0.4 is 10.1 Å². The second-order valence-electron chi connectivity index (χ2n) is 5.15. The Bertz CT molecular complexity index is 549. The van der Waals surface area contributed by atoms with E-state index in [1.54, 1.807) is 6.92 Å². The average molecular weight is 259 g/mol. The summed E-state index contributed by atoms with van der Waals surface area (Å²) in [6.45, 7) is 6.23. The summed E-state index contributed by atoms with van der Waals surface area (Å²) in [6.07, 6.45) is -0.472. The molecule has 2 aromatic carbocycles. The molecule has 0 radical (unpaired) electrons. The summed E-state index contributed by atoms with van der Waals surface area (Å²) in [4.78, 5) is 0. The van der Waals surface area contributed by atoms with Crippen LogP contribution in [0, 0.1) is 0 Å². The third kappa shape index (κ3) is 3.61. The Labute approximate surface area is 114 Å². The molecule has 0 aromatic heterocycles. The number of fused-ring (bicyclic) bond motifs is 1. The molecule has 1 unspecified atom stereocenters. The van der Waals surface area contributed by atoms with Crippen LogP contribution in [0.5, 0.6) is 5.75 Å². The van der Waals surface area contributed by atoms with Gasteiger partial charge in [0.15, 0.2) is 0 Å². The van der Waals surface area contributed by atoms with Crippen molar-refractivity contribution in [3.05, 3.63) is 36.4 Å². The predicted molar refractivity (Wildman–Crippen MR) is 79.9 cm³/mol. The summed E-state index contributed by atoms with van der Waals surface area (Å²) in [6, 6.07) is 12.6. The molecule has 3 heteroatoms. The summed E-state index contributed by atoms with van der Waals surface area (Å²) >= 11 is 0. The third-order valence-corrected chi connectivity index (χ3v) is 2.76. The molecular weight excluding hydrogens is 238 g/mol. The Morgan fingerprint density at radius 3 is 2.58 bits per heavy atom. The van der Waals surface area contributed by atoms with E-state index in [2.05, 4.69) is 31.3 Å². The highest BCUT2D eigenvalue weighted by atomic mass is 16.5. The van der Waals surface area contributed by atoms with E-state index in [-0.39, 0.29) is 0 Å². The Kier molecular flexibility index (Phi) is 4.27. The van der Waals surface area contributed by atoms with E-state index in [1.165, 1.54) is 0 Å². The van der Waals surface area contributed by atoms with Crippen molar-refractivity contribution in [2.45, 2.75) is 32.9 Å². The number of hydrogen-bond acceptors (Lipinski definition) is 3. The number of aliphatic hydroxyl groups excluding tert-OH is 1. The van der Waals surface area contributed by atoms with Crippen molar-refractivity contribution in [1.29, 1.82) is 0 Å². The van der Waals surface area contributed by atoms with E-state index < -0.39 is 6.10 Å². The molecule has 19 heavy (non-hydrogen) atoms. The summed E-state index contributed by atoms with van der Waals surface area (Å²) in [7, 11) is 0. The maximum Gasteiger partial charge on any atom is 0.129 e. The highest BCUT2D eigenvalue weighted by Gasteiger charge is 2.07. The van der Waals surface area contributed by atoms with E-state index in [0.717, 1.165) is 22.2 Å². The largest absolute Gasteiger partial charge is 0.490 e. The molecule has 2 aromatic rings. The molecule has 1 atom stereocenters. The van der Waals surface area contributed by atoms with E-state index in [4.69, 9.17) is 4.74 Å². The zero-order valence-corrected chi connectivity index (χ0v) is 11.7. The molecule has 102 valence electrons. The summed E-state index contributed by atoms with van der Waals surface area (Å²) in [5.74, 6) is 0.808. The minimum absolute atomic E-state index is 0.301. The zero-order valence-electron chi connectivity index (χ0n) is 11.7. The van der Waals surface area contributed by atoms with Crippen LogP contribution in [-0.2, 0) is 0 Å². The van der Waals surface area contributed by atoms with Crippen molar-refractivity contribution < 1.29 is 9.84 Å². The number of anilines is 1. The van der Waals surface area contributed by atoms with Gasteiger partial charge in [-0.3, -0.25) is 0 Å². The van der Waals surface area contributed by atoms with Crippen molar-refractivity contribution >= 4 is 16.5 Å². The van der Waals surface area contributed by atoms with Gasteiger partial charge >= 0.3 is 0 Å². The second kappa shape index (κ2) is 5.93. The lowest BCUT2D eigenvalue weighted by Gasteiger charge is -2.15. The summed E-state index contributed by atoms with van der Waals surface area (Å²) in [5.41, 5.74) is 1.04. The minimum Gasteiger partial charge on any atom is -0.490 e. The van der Waals surface area contributed by atoms with Crippen molar-refractivity contribution in [1.82, 2.24) is 0 Å². The first-order valence-electron chi connectivity index (χ1n) is 6.66. The van der Waals surface area contributed by atoms with Crippen LogP contribution in [0.4, 0.5) is 5.69 Å². The Morgan fingerprint density at radius 1 is 1.16 bits per heavy atom. The summed E-state index contributed by atoms with van der Waals surface area (Å²) < 4.78 is 5.71. The van der Waals surface area contributed by atoms with E-state index in [0.29, 0.717) is 12.6 Å². The molecule has 0 aliphatic heterocycles. The van der Waals surface area contributed by atoms with Gasteiger partial charge in [0.2, 0.25) is 0 Å². The molecule has 2 rings (SSSR count). The maximum atomic E-state index is 9.36. The molecular formula is C16H21NO2. The maximum absolute atomic E-state index is 9.36. The van der Waals surface area contributed by atoms with Gasteiger partial charge in [-0.05, 0) is 32.2 Å². The fourth-order valence-corrected chi connectivity index (χ4v) is 2.02. The zero-order chi connectivity index (χ0) is 13.8. The van der Waals surface area contributed by atoms with E-state index in [1.807, 2.05) is 24.3 Å². The van der Waals surface area contributed by atoms with Crippen molar-refractivity contribution in [2.24, 2.45) is 0 Å². The van der Waals surface area contributed by atoms with Gasteiger partial charge in [0.1, 0.15) is 12.4 Å². The predicted octanol–water partition coefficient (Wildman–Crippen LogP) is 3.42. The average Bonchev–Trinajstić information content (AvgIpc) is 2.35. The van der Waals surface area contributed by atoms with Crippen molar-refractivity contribution in [3.63, 3.8) is 0 Å². The van der Waals surface area contributed by atoms with Gasteiger partial charge in [-0.1, -0.05) is 24.3 Å². The SMILES string of the molecule is CC(O)COc1cc(NC(C)C)cc2ccccc12. The molecule has 0 aliphatic rings. The normalized spacial score (nSPS) is 12.7. The topological polar surface area (TPSA) is 41.5 Å². The smallest absolute Gasteiger partial charge is 0.129 e. The van der Waals surface area contributed by atoms with Crippen LogP contribution in [0.1, 0.15) is 20.8 Å². The van der Waals surface area contributed by atoms with Gasteiger partial charge in [-0.15, -0.1) is 0 Å². The highest BCUT2D eigenvalue weighted by molar-refractivity contribution is 5.91. The van der Waals surface area contributed by atoms with E-state index in [9.17, 15) is 5.11 Å². The number of benzene rings is 2. The molecule has 2 N–H and O–H groups in total. The fraction of sp³-hybridized carbons (Fsp3) is 0.375. The van der Waals surface area contributed by atoms with Crippen LogP contribution in [0.25, 0.3) is 10.8 Å². The van der Waals surface area contributed by atoms with Gasteiger partial charge in [0.05, 0.1) is 6.10 Å². The first kappa shape index (κ1) is 13.7. The number of hydrogen-bond donors (Lipinski definition) is 2. The molecule has 0 fully saturated rings. The van der Waals surface area contributed by atoms with Crippen LogP contribution in [0.2, 0.25) is 0 Å². The molecule has 3 nitrogen and oxygen atoms in total. The standard InChI is InChI=1S/C16H21NO2/c1-11(2)17-14-8-13-6-4-5-7-15(13)16(9-14)19-10-12(3)18/h4-9,11-12,17-18H,10H2,1-3H3. The fourth-order valence-electron chi connectivity index (χ4n) is 2.02. The number of ether oxygens (including phenoxy) is 1. The minimum atomic E-state index is -0.472. The number of rotatable bonds is 5. The van der Waals surface area contributed by atoms with Gasteiger partial charge in [-0.2, -0.15) is 0 Å². The lowest BCUT2D eigenvalue weighted by Crippen LogP contribution is -2.13.